The quantitative estimate of drug-likeness (QED) is 0.754. The summed E-state index contributed by atoms with van der Waals surface area (Å²) < 4.78 is 41.2. The van der Waals surface area contributed by atoms with Gasteiger partial charge in [-0.25, -0.2) is 0 Å². The third-order valence-corrected chi connectivity index (χ3v) is 2.95. The van der Waals surface area contributed by atoms with Crippen molar-refractivity contribution in [1.82, 2.24) is 0 Å². The maximum Gasteiger partial charge on any atom is 0.573 e. The summed E-state index contributed by atoms with van der Waals surface area (Å²) in [6, 6.07) is 12.3. The molecule has 0 heterocycles. The van der Waals surface area contributed by atoms with Gasteiger partial charge in [0.2, 0.25) is 0 Å². The molecule has 0 aromatic heterocycles. The number of carbonyl (C=O) groups excluding carboxylic acids is 1. The van der Waals surface area contributed by atoms with E-state index in [2.05, 4.69) is 4.74 Å². The highest BCUT2D eigenvalue weighted by Gasteiger charge is 2.32. The van der Waals surface area contributed by atoms with Crippen LogP contribution in [0.4, 0.5) is 13.2 Å². The van der Waals surface area contributed by atoms with Crippen LogP contribution in [0.1, 0.15) is 23.7 Å². The second-order valence-electron chi connectivity index (χ2n) is 4.40. The molecule has 0 atom stereocenters. The molecule has 5 heteroatoms. The summed E-state index contributed by atoms with van der Waals surface area (Å²) in [4.78, 5) is 11.5. The lowest BCUT2D eigenvalue weighted by molar-refractivity contribution is -0.274. The Morgan fingerprint density at radius 3 is 2.24 bits per heavy atom. The van der Waals surface area contributed by atoms with E-state index in [1.165, 1.54) is 18.2 Å². The van der Waals surface area contributed by atoms with Gasteiger partial charge >= 0.3 is 6.36 Å². The molecule has 0 fully saturated rings. The highest BCUT2D eigenvalue weighted by atomic mass is 19.4. The second-order valence-corrected chi connectivity index (χ2v) is 4.40. The Hall–Kier alpha value is -2.30. The van der Waals surface area contributed by atoms with Gasteiger partial charge in [-0.3, -0.25) is 4.79 Å². The minimum Gasteiger partial charge on any atom is -0.405 e. The fraction of sp³-hybridized carbons (Fsp3) is 0.188. The number of halogens is 3. The van der Waals surface area contributed by atoms with Gasteiger partial charge < -0.3 is 4.74 Å². The van der Waals surface area contributed by atoms with Gasteiger partial charge in [0.1, 0.15) is 5.75 Å². The molecule has 0 unspecified atom stereocenters. The summed E-state index contributed by atoms with van der Waals surface area (Å²) in [5, 5.41) is 0. The first kappa shape index (κ1) is 15.1. The molecule has 0 aliphatic heterocycles. The summed E-state index contributed by atoms with van der Waals surface area (Å²) in [5.41, 5.74) is 1.42. The highest BCUT2D eigenvalue weighted by Crippen LogP contribution is 2.33. The standard InChI is InChI=1S/C16H13F3O2/c1-2-14(20)12-9-7-11(8-10-12)13-5-3-4-6-15(13)21-16(17,18)19/h3-10H,2H2,1H3. The minimum atomic E-state index is -4.74. The normalized spacial score (nSPS) is 11.2. The first-order chi connectivity index (χ1) is 9.90. The van der Waals surface area contributed by atoms with Crippen LogP contribution in [0.5, 0.6) is 5.75 Å². The Kier molecular flexibility index (Phi) is 4.31. The van der Waals surface area contributed by atoms with Gasteiger partial charge in [0.25, 0.3) is 0 Å². The average Bonchev–Trinajstić information content (AvgIpc) is 2.45. The van der Waals surface area contributed by atoms with Crippen LogP contribution in [0.15, 0.2) is 48.5 Å². The molecule has 2 aromatic rings. The number of ether oxygens (including phenoxy) is 1. The van der Waals surface area contributed by atoms with Crippen LogP contribution in [0.3, 0.4) is 0 Å². The van der Waals surface area contributed by atoms with Gasteiger partial charge in [0, 0.05) is 17.5 Å². The third-order valence-electron chi connectivity index (χ3n) is 2.95. The maximum atomic E-state index is 12.4. The molecule has 0 saturated carbocycles. The molecule has 21 heavy (non-hydrogen) atoms. The van der Waals surface area contributed by atoms with Gasteiger partial charge in [-0.1, -0.05) is 49.4 Å². The van der Waals surface area contributed by atoms with E-state index in [0.717, 1.165) is 0 Å². The zero-order valence-electron chi connectivity index (χ0n) is 11.3. The summed E-state index contributed by atoms with van der Waals surface area (Å²) >= 11 is 0. The van der Waals surface area contributed by atoms with Crippen LogP contribution in [-0.4, -0.2) is 12.1 Å². The van der Waals surface area contributed by atoms with E-state index in [4.69, 9.17) is 0 Å². The van der Waals surface area contributed by atoms with Crippen LogP contribution in [0, 0.1) is 0 Å². The number of Topliss-reactive ketones (excluding diaryl/α,β-unsaturated/α-hetero) is 1. The minimum absolute atomic E-state index is 0.0126. The number of benzene rings is 2. The van der Waals surface area contributed by atoms with E-state index in [1.54, 1.807) is 37.3 Å². The molecule has 0 radical (unpaired) electrons. The molecule has 0 spiro atoms. The fourth-order valence-corrected chi connectivity index (χ4v) is 1.96. The Morgan fingerprint density at radius 1 is 1.05 bits per heavy atom. The lowest BCUT2D eigenvalue weighted by atomic mass is 10.0. The Balaban J connectivity index is 2.36. The topological polar surface area (TPSA) is 26.3 Å². The van der Waals surface area contributed by atoms with Gasteiger partial charge in [-0.2, -0.15) is 0 Å². The lowest BCUT2D eigenvalue weighted by Crippen LogP contribution is -2.17. The van der Waals surface area contributed by atoms with Crippen LogP contribution in [0.25, 0.3) is 11.1 Å². The molecule has 0 bridgehead atoms. The highest BCUT2D eigenvalue weighted by molar-refractivity contribution is 5.96. The summed E-state index contributed by atoms with van der Waals surface area (Å²) in [7, 11) is 0. The number of carbonyl (C=O) groups is 1. The number of ketones is 1. The van der Waals surface area contributed by atoms with Crippen LogP contribution < -0.4 is 4.74 Å². The Bertz CT molecular complexity index is 631. The van der Waals surface area contributed by atoms with Crippen molar-refractivity contribution in [1.29, 1.82) is 0 Å². The first-order valence-corrected chi connectivity index (χ1v) is 6.39. The van der Waals surface area contributed by atoms with Crippen molar-refractivity contribution in [2.75, 3.05) is 0 Å². The van der Waals surface area contributed by atoms with Crippen molar-refractivity contribution in [3.8, 4) is 16.9 Å². The van der Waals surface area contributed by atoms with Crippen LogP contribution in [-0.2, 0) is 0 Å². The number of hydrogen-bond donors (Lipinski definition) is 0. The SMILES string of the molecule is CCC(=O)c1ccc(-c2ccccc2OC(F)(F)F)cc1. The van der Waals surface area contributed by atoms with E-state index in [9.17, 15) is 18.0 Å². The zero-order chi connectivity index (χ0) is 15.5. The van der Waals surface area contributed by atoms with Gasteiger partial charge in [-0.05, 0) is 11.6 Å². The van der Waals surface area contributed by atoms with Crippen molar-refractivity contribution in [3.05, 3.63) is 54.1 Å². The molecule has 0 N–H and O–H groups in total. The third kappa shape index (κ3) is 3.84. The fourth-order valence-electron chi connectivity index (χ4n) is 1.96. The number of alkyl halides is 3. The van der Waals surface area contributed by atoms with Crippen molar-refractivity contribution in [3.63, 3.8) is 0 Å². The lowest BCUT2D eigenvalue weighted by Gasteiger charge is -2.13. The van der Waals surface area contributed by atoms with Crippen molar-refractivity contribution in [2.45, 2.75) is 19.7 Å². The van der Waals surface area contributed by atoms with Crippen molar-refractivity contribution < 1.29 is 22.7 Å². The molecule has 0 aliphatic carbocycles. The molecule has 0 amide bonds. The predicted octanol–water partition coefficient (Wildman–Crippen LogP) is 4.84. The molecular weight excluding hydrogens is 281 g/mol. The first-order valence-electron chi connectivity index (χ1n) is 6.39. The number of para-hydroxylation sites is 1. The molecular formula is C16H13F3O2. The molecule has 0 aliphatic rings. The van der Waals surface area contributed by atoms with Crippen LogP contribution in [0.2, 0.25) is 0 Å². The van der Waals surface area contributed by atoms with Gasteiger partial charge in [0.15, 0.2) is 5.78 Å². The molecule has 2 rings (SSSR count). The monoisotopic (exact) mass is 294 g/mol. The van der Waals surface area contributed by atoms with E-state index >= 15 is 0 Å². The van der Waals surface area contributed by atoms with E-state index < -0.39 is 6.36 Å². The summed E-state index contributed by atoms with van der Waals surface area (Å²) in [6.07, 6.45) is -4.36. The van der Waals surface area contributed by atoms with Gasteiger partial charge in [0.05, 0.1) is 0 Å². The molecule has 2 nitrogen and oxygen atoms in total. The van der Waals surface area contributed by atoms with E-state index in [1.807, 2.05) is 0 Å². The Morgan fingerprint density at radius 2 is 1.67 bits per heavy atom. The van der Waals surface area contributed by atoms with Crippen LogP contribution >= 0.6 is 0 Å². The Labute approximate surface area is 120 Å². The summed E-state index contributed by atoms with van der Waals surface area (Å²) in [5.74, 6) is -0.277. The number of hydrogen-bond acceptors (Lipinski definition) is 2. The van der Waals surface area contributed by atoms with E-state index in [0.29, 0.717) is 23.1 Å². The molecule has 110 valence electrons. The van der Waals surface area contributed by atoms with Crippen molar-refractivity contribution >= 4 is 5.78 Å². The smallest absolute Gasteiger partial charge is 0.405 e. The largest absolute Gasteiger partial charge is 0.573 e. The summed E-state index contributed by atoms with van der Waals surface area (Å²) in [6.45, 7) is 1.75. The van der Waals surface area contributed by atoms with E-state index in [-0.39, 0.29) is 11.5 Å². The molecule has 2 aromatic carbocycles. The predicted molar refractivity (Wildman–Crippen MR) is 73.2 cm³/mol. The number of rotatable bonds is 4. The molecule has 0 saturated heterocycles. The van der Waals surface area contributed by atoms with Crippen molar-refractivity contribution in [2.24, 2.45) is 0 Å². The second kappa shape index (κ2) is 5.99. The van der Waals surface area contributed by atoms with Gasteiger partial charge in [-0.15, -0.1) is 13.2 Å². The maximum absolute atomic E-state index is 12.4. The zero-order valence-corrected chi connectivity index (χ0v) is 11.3. The average molecular weight is 294 g/mol.